The standard InChI is InChI=1S/C8H11NO3S/c1-13(11,12)7-2-3-8(4-7,5-9)6-10/h6-7H,2-4H2,1H3/t7-,8-/m0/s1. The van der Waals surface area contributed by atoms with E-state index in [9.17, 15) is 13.2 Å². The van der Waals surface area contributed by atoms with E-state index in [0.29, 0.717) is 19.1 Å². The van der Waals surface area contributed by atoms with Gasteiger partial charge in [-0.3, -0.25) is 0 Å². The van der Waals surface area contributed by atoms with Crippen LogP contribution in [0, 0.1) is 16.7 Å². The molecule has 0 N–H and O–H groups in total. The van der Waals surface area contributed by atoms with Crippen LogP contribution >= 0.6 is 0 Å². The van der Waals surface area contributed by atoms with Crippen molar-refractivity contribution in [2.24, 2.45) is 5.41 Å². The Balaban J connectivity index is 2.87. The first-order valence-electron chi connectivity index (χ1n) is 4.00. The number of carbonyl (C=O) groups excluding carboxylic acids is 1. The summed E-state index contributed by atoms with van der Waals surface area (Å²) >= 11 is 0. The first-order valence-corrected chi connectivity index (χ1v) is 5.95. The number of hydrogen-bond donors (Lipinski definition) is 0. The molecule has 0 aromatic heterocycles. The molecule has 72 valence electrons. The summed E-state index contributed by atoms with van der Waals surface area (Å²) in [6.07, 6.45) is 2.68. The van der Waals surface area contributed by atoms with E-state index in [2.05, 4.69) is 0 Å². The fraction of sp³-hybridized carbons (Fsp3) is 0.750. The van der Waals surface area contributed by atoms with Gasteiger partial charge in [0, 0.05) is 6.26 Å². The molecule has 0 spiro atoms. The zero-order valence-electron chi connectivity index (χ0n) is 7.36. The summed E-state index contributed by atoms with van der Waals surface area (Å²) in [5.41, 5.74) is -1.05. The Morgan fingerprint density at radius 3 is 2.46 bits per heavy atom. The molecule has 0 aliphatic heterocycles. The summed E-state index contributed by atoms with van der Waals surface area (Å²) in [6, 6.07) is 1.90. The van der Waals surface area contributed by atoms with E-state index in [1.807, 2.05) is 6.07 Å². The molecule has 1 aliphatic rings. The highest BCUT2D eigenvalue weighted by molar-refractivity contribution is 7.91. The average Bonchev–Trinajstić information content (AvgIpc) is 2.48. The van der Waals surface area contributed by atoms with Crippen LogP contribution in [0.5, 0.6) is 0 Å². The molecular weight excluding hydrogens is 190 g/mol. The quantitative estimate of drug-likeness (QED) is 0.602. The van der Waals surface area contributed by atoms with E-state index >= 15 is 0 Å². The van der Waals surface area contributed by atoms with Gasteiger partial charge in [-0.05, 0) is 19.3 Å². The largest absolute Gasteiger partial charge is 0.302 e. The summed E-state index contributed by atoms with van der Waals surface area (Å²) in [7, 11) is -3.10. The van der Waals surface area contributed by atoms with E-state index in [0.717, 1.165) is 6.26 Å². The first kappa shape index (κ1) is 10.2. The highest BCUT2D eigenvalue weighted by Gasteiger charge is 2.43. The lowest BCUT2D eigenvalue weighted by Crippen LogP contribution is -2.21. The summed E-state index contributed by atoms with van der Waals surface area (Å²) in [5, 5.41) is 8.21. The van der Waals surface area contributed by atoms with E-state index < -0.39 is 20.5 Å². The van der Waals surface area contributed by atoms with Crippen molar-refractivity contribution in [3.05, 3.63) is 0 Å². The topological polar surface area (TPSA) is 75.0 Å². The van der Waals surface area contributed by atoms with Gasteiger partial charge in [-0.25, -0.2) is 8.42 Å². The molecule has 0 bridgehead atoms. The molecule has 0 heterocycles. The minimum absolute atomic E-state index is 0.159. The van der Waals surface area contributed by atoms with Crippen LogP contribution in [-0.2, 0) is 14.6 Å². The van der Waals surface area contributed by atoms with E-state index in [-0.39, 0.29) is 6.42 Å². The van der Waals surface area contributed by atoms with Crippen molar-refractivity contribution in [1.82, 2.24) is 0 Å². The van der Waals surface area contributed by atoms with Crippen LogP contribution in [0.4, 0.5) is 0 Å². The maximum Gasteiger partial charge on any atom is 0.150 e. The van der Waals surface area contributed by atoms with Gasteiger partial charge in [-0.2, -0.15) is 5.26 Å². The molecule has 4 nitrogen and oxygen atoms in total. The Morgan fingerprint density at radius 2 is 2.23 bits per heavy atom. The molecule has 13 heavy (non-hydrogen) atoms. The SMILES string of the molecule is CS(=O)(=O)[C@H]1CC[C@](C#N)(C=O)C1. The van der Waals surface area contributed by atoms with Crippen LogP contribution in [0.1, 0.15) is 19.3 Å². The molecule has 1 rings (SSSR count). The third kappa shape index (κ3) is 1.89. The van der Waals surface area contributed by atoms with Crippen molar-refractivity contribution in [2.45, 2.75) is 24.5 Å². The van der Waals surface area contributed by atoms with Crippen LogP contribution in [0.3, 0.4) is 0 Å². The average molecular weight is 201 g/mol. The Kier molecular flexibility index (Phi) is 2.44. The summed E-state index contributed by atoms with van der Waals surface area (Å²) in [4.78, 5) is 10.6. The number of aldehydes is 1. The van der Waals surface area contributed by atoms with Gasteiger partial charge in [-0.15, -0.1) is 0 Å². The second kappa shape index (κ2) is 3.11. The van der Waals surface area contributed by atoms with Crippen LogP contribution in [0.2, 0.25) is 0 Å². The number of rotatable bonds is 2. The second-order valence-corrected chi connectivity index (χ2v) is 5.91. The van der Waals surface area contributed by atoms with Gasteiger partial charge in [0.15, 0.2) is 0 Å². The molecule has 2 atom stereocenters. The third-order valence-electron chi connectivity index (χ3n) is 2.56. The highest BCUT2D eigenvalue weighted by atomic mass is 32.2. The molecule has 1 aliphatic carbocycles. The molecule has 0 saturated heterocycles. The van der Waals surface area contributed by atoms with Gasteiger partial charge >= 0.3 is 0 Å². The zero-order valence-corrected chi connectivity index (χ0v) is 8.17. The minimum Gasteiger partial charge on any atom is -0.302 e. The van der Waals surface area contributed by atoms with Gasteiger partial charge in [-0.1, -0.05) is 0 Å². The molecule has 1 fully saturated rings. The molecule has 1 saturated carbocycles. The number of sulfone groups is 1. The van der Waals surface area contributed by atoms with Crippen LogP contribution in [0.15, 0.2) is 0 Å². The smallest absolute Gasteiger partial charge is 0.150 e. The number of nitrogens with zero attached hydrogens (tertiary/aromatic N) is 1. The number of nitriles is 1. The maximum absolute atomic E-state index is 11.1. The minimum atomic E-state index is -3.10. The maximum atomic E-state index is 11.1. The molecule has 0 aromatic carbocycles. The van der Waals surface area contributed by atoms with Crippen molar-refractivity contribution < 1.29 is 13.2 Å². The Hall–Kier alpha value is -0.890. The molecule has 0 amide bonds. The number of hydrogen-bond acceptors (Lipinski definition) is 4. The Bertz CT molecular complexity index is 354. The monoisotopic (exact) mass is 201 g/mol. The van der Waals surface area contributed by atoms with E-state index in [4.69, 9.17) is 5.26 Å². The van der Waals surface area contributed by atoms with Crippen molar-refractivity contribution in [3.8, 4) is 6.07 Å². The Labute approximate surface area is 77.5 Å². The van der Waals surface area contributed by atoms with Gasteiger partial charge in [0.2, 0.25) is 0 Å². The molecule has 0 aromatic rings. The first-order chi connectivity index (χ1) is 5.93. The van der Waals surface area contributed by atoms with Gasteiger partial charge in [0.25, 0.3) is 0 Å². The van der Waals surface area contributed by atoms with Crippen molar-refractivity contribution in [3.63, 3.8) is 0 Å². The Morgan fingerprint density at radius 1 is 1.62 bits per heavy atom. The predicted molar refractivity (Wildman–Crippen MR) is 46.6 cm³/mol. The van der Waals surface area contributed by atoms with Crippen molar-refractivity contribution in [1.29, 1.82) is 5.26 Å². The summed E-state index contributed by atoms with van der Waals surface area (Å²) in [5.74, 6) is 0. The lowest BCUT2D eigenvalue weighted by Gasteiger charge is -2.11. The highest BCUT2D eigenvalue weighted by Crippen LogP contribution is 2.38. The number of carbonyl (C=O) groups is 1. The van der Waals surface area contributed by atoms with Gasteiger partial charge < -0.3 is 4.79 Å². The predicted octanol–water partition coefficient (Wildman–Crippen LogP) is 0.292. The van der Waals surface area contributed by atoms with E-state index in [1.165, 1.54) is 0 Å². The summed E-state index contributed by atoms with van der Waals surface area (Å²) in [6.45, 7) is 0. The third-order valence-corrected chi connectivity index (χ3v) is 4.17. The molecule has 5 heteroatoms. The fourth-order valence-corrected chi connectivity index (χ4v) is 2.78. The van der Waals surface area contributed by atoms with Crippen molar-refractivity contribution >= 4 is 16.1 Å². The van der Waals surface area contributed by atoms with E-state index in [1.54, 1.807) is 0 Å². The van der Waals surface area contributed by atoms with Crippen LogP contribution < -0.4 is 0 Å². The van der Waals surface area contributed by atoms with Gasteiger partial charge in [0.1, 0.15) is 21.5 Å². The lowest BCUT2D eigenvalue weighted by atomic mass is 9.90. The second-order valence-electron chi connectivity index (χ2n) is 3.58. The van der Waals surface area contributed by atoms with Gasteiger partial charge in [0.05, 0.1) is 11.3 Å². The summed E-state index contributed by atoms with van der Waals surface area (Å²) < 4.78 is 22.3. The molecular formula is C8H11NO3S. The lowest BCUT2D eigenvalue weighted by molar-refractivity contribution is -0.113. The zero-order chi connectivity index (χ0) is 10.1. The van der Waals surface area contributed by atoms with Crippen molar-refractivity contribution in [2.75, 3.05) is 6.26 Å². The van der Waals surface area contributed by atoms with Crippen LogP contribution in [0.25, 0.3) is 0 Å². The molecule has 0 radical (unpaired) electrons. The van der Waals surface area contributed by atoms with Crippen LogP contribution in [-0.4, -0.2) is 26.2 Å². The normalized spacial score (nSPS) is 34.0. The fourth-order valence-electron chi connectivity index (χ4n) is 1.63. The molecule has 0 unspecified atom stereocenters.